The predicted octanol–water partition coefficient (Wildman–Crippen LogP) is 2.43. The molecule has 2 rings (SSSR count). The molecule has 3 nitrogen and oxygen atoms in total. The first-order valence-electron chi connectivity index (χ1n) is 4.42. The molecule has 1 aromatic rings. The molecular weight excluding hydrogens is 246 g/mol. The summed E-state index contributed by atoms with van der Waals surface area (Å²) in [6.45, 7) is 0.713. The summed E-state index contributed by atoms with van der Waals surface area (Å²) in [5, 5.41) is 12.0. The van der Waals surface area contributed by atoms with Gasteiger partial charge in [0.05, 0.1) is 6.42 Å². The molecule has 1 unspecified atom stereocenters. The number of rotatable bonds is 2. The van der Waals surface area contributed by atoms with E-state index in [1.165, 1.54) is 0 Å². The Morgan fingerprint density at radius 1 is 1.64 bits per heavy atom. The molecule has 1 aliphatic rings. The van der Waals surface area contributed by atoms with Gasteiger partial charge in [-0.15, -0.1) is 0 Å². The lowest BCUT2D eigenvalue weighted by atomic mass is 9.98. The highest BCUT2D eigenvalue weighted by Gasteiger charge is 2.26. The number of carboxylic acid groups (broad SMARTS) is 1. The number of aliphatic carboxylic acids is 1. The Balaban J connectivity index is 2.33. The highest BCUT2D eigenvalue weighted by Crippen LogP contribution is 2.38. The molecule has 0 saturated carbocycles. The van der Waals surface area contributed by atoms with Crippen molar-refractivity contribution in [3.8, 4) is 0 Å². The van der Waals surface area contributed by atoms with Gasteiger partial charge in [-0.05, 0) is 17.7 Å². The lowest BCUT2D eigenvalue weighted by molar-refractivity contribution is -0.137. The minimum absolute atomic E-state index is 0.0816. The lowest BCUT2D eigenvalue weighted by Gasteiger charge is -2.08. The monoisotopic (exact) mass is 255 g/mol. The Bertz CT molecular complexity index is 378. The first-order chi connectivity index (χ1) is 6.68. The Kier molecular flexibility index (Phi) is 2.46. The van der Waals surface area contributed by atoms with Crippen LogP contribution in [0.5, 0.6) is 0 Å². The van der Waals surface area contributed by atoms with Gasteiger partial charge in [0.25, 0.3) is 0 Å². The summed E-state index contributed by atoms with van der Waals surface area (Å²) >= 11 is 3.44. The summed E-state index contributed by atoms with van der Waals surface area (Å²) in [5.74, 6) is -0.668. The molecule has 0 amide bonds. The number of hydrogen-bond donors (Lipinski definition) is 2. The second kappa shape index (κ2) is 3.61. The van der Waals surface area contributed by atoms with Crippen LogP contribution < -0.4 is 5.32 Å². The smallest absolute Gasteiger partial charge is 0.304 e. The van der Waals surface area contributed by atoms with E-state index in [1.807, 2.05) is 18.2 Å². The first kappa shape index (κ1) is 9.52. The number of anilines is 1. The van der Waals surface area contributed by atoms with Crippen molar-refractivity contribution in [2.75, 3.05) is 11.9 Å². The van der Waals surface area contributed by atoms with Crippen LogP contribution in [0.2, 0.25) is 0 Å². The lowest BCUT2D eigenvalue weighted by Crippen LogP contribution is -2.08. The summed E-state index contributed by atoms with van der Waals surface area (Å²) in [6, 6.07) is 5.86. The average molecular weight is 256 g/mol. The van der Waals surface area contributed by atoms with Gasteiger partial charge in [0.2, 0.25) is 0 Å². The number of benzene rings is 1. The third kappa shape index (κ3) is 1.62. The zero-order valence-electron chi connectivity index (χ0n) is 7.46. The molecule has 0 radical (unpaired) electrons. The van der Waals surface area contributed by atoms with E-state index in [0.29, 0.717) is 6.54 Å². The number of halogens is 1. The molecule has 0 aliphatic carbocycles. The van der Waals surface area contributed by atoms with Crippen molar-refractivity contribution in [2.24, 2.45) is 0 Å². The molecule has 0 saturated heterocycles. The fourth-order valence-corrected chi connectivity index (χ4v) is 2.52. The zero-order chi connectivity index (χ0) is 10.1. The minimum Gasteiger partial charge on any atom is -0.481 e. The molecular formula is C10H10BrNO2. The van der Waals surface area contributed by atoms with E-state index in [2.05, 4.69) is 21.2 Å². The van der Waals surface area contributed by atoms with Crippen molar-refractivity contribution in [1.29, 1.82) is 0 Å². The average Bonchev–Trinajstić information content (AvgIpc) is 2.49. The summed E-state index contributed by atoms with van der Waals surface area (Å²) in [6.07, 6.45) is 0.183. The van der Waals surface area contributed by atoms with Crippen molar-refractivity contribution >= 4 is 27.6 Å². The van der Waals surface area contributed by atoms with Gasteiger partial charge in [-0.25, -0.2) is 0 Å². The largest absolute Gasteiger partial charge is 0.481 e. The summed E-state index contributed by atoms with van der Waals surface area (Å²) in [5.41, 5.74) is 2.14. The second-order valence-electron chi connectivity index (χ2n) is 3.38. The van der Waals surface area contributed by atoms with Gasteiger partial charge in [0.1, 0.15) is 0 Å². The molecule has 74 valence electrons. The summed E-state index contributed by atoms with van der Waals surface area (Å²) in [4.78, 5) is 10.6. The van der Waals surface area contributed by atoms with E-state index >= 15 is 0 Å². The normalized spacial score (nSPS) is 18.8. The van der Waals surface area contributed by atoms with Gasteiger partial charge in [0, 0.05) is 22.6 Å². The Hall–Kier alpha value is -1.03. The molecule has 1 heterocycles. The number of hydrogen-bond acceptors (Lipinski definition) is 2. The molecule has 0 fully saturated rings. The Morgan fingerprint density at radius 2 is 2.43 bits per heavy atom. The molecule has 1 aromatic carbocycles. The quantitative estimate of drug-likeness (QED) is 0.854. The molecule has 2 N–H and O–H groups in total. The van der Waals surface area contributed by atoms with Crippen LogP contribution in [0.4, 0.5) is 5.69 Å². The molecule has 4 heteroatoms. The standard InChI is InChI=1S/C10H10BrNO2/c11-7-2-1-3-8-10(7)6(5-12-8)4-9(13)14/h1-3,6,12H,4-5H2,(H,13,14). The summed E-state index contributed by atoms with van der Waals surface area (Å²) < 4.78 is 0.992. The van der Waals surface area contributed by atoms with Crippen LogP contribution in [0.1, 0.15) is 17.9 Å². The molecule has 0 bridgehead atoms. The number of fused-ring (bicyclic) bond motifs is 1. The topological polar surface area (TPSA) is 49.3 Å². The van der Waals surface area contributed by atoms with Crippen molar-refractivity contribution < 1.29 is 9.90 Å². The van der Waals surface area contributed by atoms with Crippen LogP contribution in [-0.4, -0.2) is 17.6 Å². The van der Waals surface area contributed by atoms with Crippen molar-refractivity contribution in [3.63, 3.8) is 0 Å². The molecule has 1 aliphatic heterocycles. The number of carbonyl (C=O) groups is 1. The van der Waals surface area contributed by atoms with Gasteiger partial charge in [-0.3, -0.25) is 4.79 Å². The molecule has 1 atom stereocenters. The van der Waals surface area contributed by atoms with E-state index in [9.17, 15) is 4.79 Å². The van der Waals surface area contributed by atoms with E-state index in [4.69, 9.17) is 5.11 Å². The fourth-order valence-electron chi connectivity index (χ4n) is 1.83. The van der Waals surface area contributed by atoms with Crippen LogP contribution in [-0.2, 0) is 4.79 Å². The van der Waals surface area contributed by atoms with Crippen molar-refractivity contribution in [1.82, 2.24) is 0 Å². The highest BCUT2D eigenvalue weighted by molar-refractivity contribution is 9.10. The molecule has 0 aromatic heterocycles. The molecule has 0 spiro atoms. The number of carboxylic acids is 1. The second-order valence-corrected chi connectivity index (χ2v) is 4.23. The first-order valence-corrected chi connectivity index (χ1v) is 5.22. The van der Waals surface area contributed by atoms with Crippen LogP contribution in [0.15, 0.2) is 22.7 Å². The Morgan fingerprint density at radius 3 is 3.14 bits per heavy atom. The minimum atomic E-state index is -0.750. The van der Waals surface area contributed by atoms with Gasteiger partial charge in [-0.1, -0.05) is 22.0 Å². The van der Waals surface area contributed by atoms with Gasteiger partial charge in [-0.2, -0.15) is 0 Å². The van der Waals surface area contributed by atoms with Gasteiger partial charge in [0.15, 0.2) is 0 Å². The molecule has 14 heavy (non-hydrogen) atoms. The van der Waals surface area contributed by atoms with Crippen molar-refractivity contribution in [3.05, 3.63) is 28.2 Å². The highest BCUT2D eigenvalue weighted by atomic mass is 79.9. The summed E-state index contributed by atoms with van der Waals surface area (Å²) in [7, 11) is 0. The zero-order valence-corrected chi connectivity index (χ0v) is 9.04. The van der Waals surface area contributed by atoms with Gasteiger partial charge >= 0.3 is 5.97 Å². The van der Waals surface area contributed by atoms with E-state index in [0.717, 1.165) is 15.7 Å². The van der Waals surface area contributed by atoms with Crippen LogP contribution in [0.3, 0.4) is 0 Å². The third-order valence-electron chi connectivity index (χ3n) is 2.42. The van der Waals surface area contributed by atoms with Crippen LogP contribution >= 0.6 is 15.9 Å². The maximum absolute atomic E-state index is 10.6. The predicted molar refractivity (Wildman–Crippen MR) is 57.6 cm³/mol. The van der Waals surface area contributed by atoms with E-state index in [1.54, 1.807) is 0 Å². The fraction of sp³-hybridized carbons (Fsp3) is 0.300. The van der Waals surface area contributed by atoms with Crippen LogP contribution in [0, 0.1) is 0 Å². The number of nitrogens with one attached hydrogen (secondary N) is 1. The SMILES string of the molecule is O=C(O)CC1CNc2cccc(Br)c21. The Labute approximate surface area is 90.3 Å². The van der Waals surface area contributed by atoms with E-state index in [-0.39, 0.29) is 12.3 Å². The maximum Gasteiger partial charge on any atom is 0.304 e. The van der Waals surface area contributed by atoms with E-state index < -0.39 is 5.97 Å². The third-order valence-corrected chi connectivity index (χ3v) is 3.11. The van der Waals surface area contributed by atoms with Crippen molar-refractivity contribution in [2.45, 2.75) is 12.3 Å². The maximum atomic E-state index is 10.6. The van der Waals surface area contributed by atoms with Gasteiger partial charge < -0.3 is 10.4 Å². The van der Waals surface area contributed by atoms with Crippen LogP contribution in [0.25, 0.3) is 0 Å².